The first-order chi connectivity index (χ1) is 13.1. The number of nitrogens with one attached hydrogen (secondary N) is 2. The zero-order valence-corrected chi connectivity index (χ0v) is 15.0. The number of rotatable bonds is 3. The van der Waals surface area contributed by atoms with Crippen molar-refractivity contribution in [3.63, 3.8) is 0 Å². The molecule has 4 rings (SSSR count). The van der Waals surface area contributed by atoms with E-state index in [-0.39, 0.29) is 29.8 Å². The van der Waals surface area contributed by atoms with Crippen molar-refractivity contribution in [2.75, 3.05) is 18.8 Å². The van der Waals surface area contributed by atoms with Crippen molar-refractivity contribution in [1.29, 1.82) is 0 Å². The van der Waals surface area contributed by atoms with Crippen LogP contribution in [0.25, 0.3) is 11.1 Å². The first-order valence-electron chi connectivity index (χ1n) is 9.30. The lowest BCUT2D eigenvalue weighted by molar-refractivity contribution is -0.137. The van der Waals surface area contributed by atoms with Crippen molar-refractivity contribution >= 4 is 11.9 Å². The molecular formula is C19H23FN6O. The van der Waals surface area contributed by atoms with Gasteiger partial charge < -0.3 is 10.6 Å². The van der Waals surface area contributed by atoms with Gasteiger partial charge in [-0.05, 0) is 43.4 Å². The Labute approximate surface area is 157 Å². The van der Waals surface area contributed by atoms with Crippen LogP contribution < -0.4 is 16.6 Å². The molecule has 2 aromatic rings. The molecule has 0 spiro atoms. The first kappa shape index (κ1) is 17.8. The number of nitrogens with two attached hydrogens (primary N) is 1. The van der Waals surface area contributed by atoms with Gasteiger partial charge in [0.05, 0.1) is 11.7 Å². The fourth-order valence-corrected chi connectivity index (χ4v) is 3.89. The summed E-state index contributed by atoms with van der Waals surface area (Å²) >= 11 is 0. The molecule has 0 aliphatic carbocycles. The molecule has 4 N–H and O–H groups in total. The second kappa shape index (κ2) is 7.58. The number of likely N-dealkylation sites (tertiary alicyclic amines) is 1. The molecular weight excluding hydrogens is 347 g/mol. The van der Waals surface area contributed by atoms with E-state index in [0.717, 1.165) is 32.2 Å². The predicted molar refractivity (Wildman–Crippen MR) is 99.7 cm³/mol. The molecule has 2 saturated heterocycles. The minimum absolute atomic E-state index is 0.0621. The monoisotopic (exact) mass is 370 g/mol. The van der Waals surface area contributed by atoms with Gasteiger partial charge >= 0.3 is 0 Å². The smallest absolute Gasteiger partial charge is 0.241 e. The van der Waals surface area contributed by atoms with E-state index in [2.05, 4.69) is 20.8 Å². The summed E-state index contributed by atoms with van der Waals surface area (Å²) < 4.78 is 13.8. The molecule has 1 amide bonds. The maximum atomic E-state index is 13.8. The Balaban J connectivity index is 1.73. The number of aromatic nitrogens is 2. The van der Waals surface area contributed by atoms with E-state index in [1.165, 1.54) is 12.1 Å². The van der Waals surface area contributed by atoms with Crippen LogP contribution in [0.5, 0.6) is 0 Å². The van der Waals surface area contributed by atoms with Crippen molar-refractivity contribution in [2.24, 2.45) is 0 Å². The third-order valence-corrected chi connectivity index (χ3v) is 5.21. The van der Waals surface area contributed by atoms with Crippen molar-refractivity contribution in [2.45, 2.75) is 37.8 Å². The number of nitrogen functional groups attached to an aromatic ring is 1. The van der Waals surface area contributed by atoms with Crippen molar-refractivity contribution in [3.8, 4) is 11.1 Å². The summed E-state index contributed by atoms with van der Waals surface area (Å²) in [6.07, 6.45) is 5.13. The fourth-order valence-electron chi connectivity index (χ4n) is 3.89. The second-order valence-corrected chi connectivity index (χ2v) is 6.99. The highest BCUT2D eigenvalue weighted by molar-refractivity contribution is 5.83. The summed E-state index contributed by atoms with van der Waals surface area (Å²) in [6, 6.07) is 5.90. The largest absolute Gasteiger partial charge is 0.368 e. The maximum Gasteiger partial charge on any atom is 0.241 e. The number of hydrazine groups is 1. The number of piperidine rings is 1. The molecule has 2 aliphatic rings. The molecule has 2 fully saturated rings. The number of halogens is 1. The number of amides is 1. The van der Waals surface area contributed by atoms with Crippen LogP contribution in [-0.2, 0) is 4.79 Å². The lowest BCUT2D eigenvalue weighted by Crippen LogP contribution is -2.48. The molecule has 1 aromatic carbocycles. The van der Waals surface area contributed by atoms with E-state index >= 15 is 0 Å². The van der Waals surface area contributed by atoms with E-state index in [4.69, 9.17) is 5.73 Å². The third kappa shape index (κ3) is 3.63. The molecule has 8 heteroatoms. The number of carbonyl (C=O) groups is 1. The van der Waals surface area contributed by atoms with E-state index in [9.17, 15) is 9.18 Å². The standard InChI is InChI=1S/C19H23FN6O/c20-13-5-3-4-12(10-13)14-11-22-19(21)24-17(14)16-6-1-2-9-26(16)18(27)15-7-8-23-25-15/h3-5,10-11,15-16,23,25H,1-2,6-9H2,(H2,21,22,24). The number of hydrogen-bond acceptors (Lipinski definition) is 6. The van der Waals surface area contributed by atoms with E-state index in [0.29, 0.717) is 23.4 Å². The molecule has 2 atom stereocenters. The number of nitrogens with zero attached hydrogens (tertiary/aromatic N) is 3. The van der Waals surface area contributed by atoms with Gasteiger partial charge in [-0.2, -0.15) is 0 Å². The third-order valence-electron chi connectivity index (χ3n) is 5.21. The SMILES string of the molecule is Nc1ncc(-c2cccc(F)c2)c(C2CCCCN2C(=O)C2CCNN2)n1. The van der Waals surface area contributed by atoms with E-state index < -0.39 is 0 Å². The van der Waals surface area contributed by atoms with Crippen LogP contribution in [0.1, 0.15) is 37.4 Å². The van der Waals surface area contributed by atoms with Crippen molar-refractivity contribution < 1.29 is 9.18 Å². The molecule has 142 valence electrons. The lowest BCUT2D eigenvalue weighted by Gasteiger charge is -2.37. The van der Waals surface area contributed by atoms with Crippen molar-refractivity contribution in [3.05, 3.63) is 42.0 Å². The van der Waals surface area contributed by atoms with Crippen LogP contribution in [0.4, 0.5) is 10.3 Å². The average Bonchev–Trinajstić information content (AvgIpc) is 3.22. The maximum absolute atomic E-state index is 13.8. The first-order valence-corrected chi connectivity index (χ1v) is 9.30. The predicted octanol–water partition coefficient (Wildman–Crippen LogP) is 1.78. The van der Waals surface area contributed by atoms with Gasteiger partial charge in [0.15, 0.2) is 0 Å². The molecule has 1 aromatic heterocycles. The highest BCUT2D eigenvalue weighted by Gasteiger charge is 2.35. The second-order valence-electron chi connectivity index (χ2n) is 6.99. The quantitative estimate of drug-likeness (QED) is 0.762. The molecule has 2 aliphatic heterocycles. The van der Waals surface area contributed by atoms with Gasteiger partial charge in [0.25, 0.3) is 0 Å². The Morgan fingerprint density at radius 3 is 2.96 bits per heavy atom. The lowest BCUT2D eigenvalue weighted by atomic mass is 9.93. The van der Waals surface area contributed by atoms with Crippen molar-refractivity contribution in [1.82, 2.24) is 25.7 Å². The van der Waals surface area contributed by atoms with Gasteiger partial charge in [0, 0.05) is 24.8 Å². The summed E-state index contributed by atoms with van der Waals surface area (Å²) in [6.45, 7) is 1.44. The van der Waals surface area contributed by atoms with Gasteiger partial charge in [-0.25, -0.2) is 19.8 Å². The van der Waals surface area contributed by atoms with Crippen LogP contribution in [0.2, 0.25) is 0 Å². The van der Waals surface area contributed by atoms with E-state index in [1.807, 2.05) is 11.0 Å². The van der Waals surface area contributed by atoms with Gasteiger partial charge in [0.2, 0.25) is 11.9 Å². The van der Waals surface area contributed by atoms with Gasteiger partial charge in [-0.3, -0.25) is 10.2 Å². The molecule has 0 saturated carbocycles. The average molecular weight is 370 g/mol. The van der Waals surface area contributed by atoms with Gasteiger partial charge in [-0.15, -0.1) is 0 Å². The molecule has 0 radical (unpaired) electrons. The van der Waals surface area contributed by atoms with E-state index in [1.54, 1.807) is 12.3 Å². The Morgan fingerprint density at radius 1 is 1.30 bits per heavy atom. The Hall–Kier alpha value is -2.58. The fraction of sp³-hybridized carbons (Fsp3) is 0.421. The van der Waals surface area contributed by atoms with Gasteiger partial charge in [0.1, 0.15) is 11.9 Å². The number of carbonyl (C=O) groups excluding carboxylic acids is 1. The van der Waals surface area contributed by atoms with Crippen LogP contribution in [0.3, 0.4) is 0 Å². The highest BCUT2D eigenvalue weighted by atomic mass is 19.1. The van der Waals surface area contributed by atoms with Crippen LogP contribution in [0, 0.1) is 5.82 Å². The summed E-state index contributed by atoms with van der Waals surface area (Å²) in [5.41, 5.74) is 14.0. The topological polar surface area (TPSA) is 96.2 Å². The summed E-state index contributed by atoms with van der Waals surface area (Å²) in [7, 11) is 0. The van der Waals surface area contributed by atoms with Crippen LogP contribution in [0.15, 0.2) is 30.5 Å². The highest BCUT2D eigenvalue weighted by Crippen LogP contribution is 2.36. The zero-order chi connectivity index (χ0) is 18.8. The summed E-state index contributed by atoms with van der Waals surface area (Å²) in [5.74, 6) is -0.107. The van der Waals surface area contributed by atoms with Crippen LogP contribution in [-0.4, -0.2) is 39.9 Å². The zero-order valence-electron chi connectivity index (χ0n) is 15.0. The van der Waals surface area contributed by atoms with Crippen LogP contribution >= 0.6 is 0 Å². The minimum Gasteiger partial charge on any atom is -0.368 e. The van der Waals surface area contributed by atoms with Gasteiger partial charge in [-0.1, -0.05) is 12.1 Å². The molecule has 0 bridgehead atoms. The number of anilines is 1. The Bertz CT molecular complexity index is 839. The Kier molecular flexibility index (Phi) is 5.00. The minimum atomic E-state index is -0.326. The Morgan fingerprint density at radius 2 is 2.19 bits per heavy atom. The normalized spacial score (nSPS) is 22.8. The number of benzene rings is 1. The summed E-state index contributed by atoms with van der Waals surface area (Å²) in [4.78, 5) is 23.5. The molecule has 3 heterocycles. The molecule has 7 nitrogen and oxygen atoms in total. The molecule has 2 unspecified atom stereocenters. The summed E-state index contributed by atoms with van der Waals surface area (Å²) in [5, 5.41) is 0. The number of hydrogen-bond donors (Lipinski definition) is 3. The molecule has 27 heavy (non-hydrogen) atoms.